The normalized spacial score (nSPS) is 14.6. The van der Waals surface area contributed by atoms with Crippen LogP contribution < -0.4 is 10.0 Å². The van der Waals surface area contributed by atoms with Crippen molar-refractivity contribution in [3.05, 3.63) is 83.4 Å². The molecule has 0 aliphatic carbocycles. The number of aryl methyl sites for hydroxylation is 2. The van der Waals surface area contributed by atoms with Crippen molar-refractivity contribution in [1.82, 2.24) is 4.31 Å². The van der Waals surface area contributed by atoms with Gasteiger partial charge in [0.1, 0.15) is 0 Å². The lowest BCUT2D eigenvalue weighted by molar-refractivity contribution is 0.102. The summed E-state index contributed by atoms with van der Waals surface area (Å²) in [4.78, 5) is 13.0. The van der Waals surface area contributed by atoms with Gasteiger partial charge in [-0.1, -0.05) is 24.3 Å². The second kappa shape index (κ2) is 9.80. The van der Waals surface area contributed by atoms with Crippen LogP contribution in [0, 0.1) is 13.8 Å². The largest absolute Gasteiger partial charge is 0.322 e. The summed E-state index contributed by atoms with van der Waals surface area (Å²) in [7, 11) is -7.47. The highest BCUT2D eigenvalue weighted by molar-refractivity contribution is 7.92. The number of sulfonamides is 2. The Balaban J connectivity index is 1.52. The molecule has 1 aliphatic heterocycles. The smallest absolute Gasteiger partial charge is 0.262 e. The van der Waals surface area contributed by atoms with E-state index in [0.29, 0.717) is 30.0 Å². The number of carbonyl (C=O) groups is 1. The molecule has 1 heterocycles. The summed E-state index contributed by atoms with van der Waals surface area (Å²) >= 11 is 0. The molecule has 0 spiro atoms. The molecule has 3 aromatic rings. The van der Waals surface area contributed by atoms with Crippen LogP contribution in [0.25, 0.3) is 0 Å². The minimum absolute atomic E-state index is 0.000424. The molecule has 184 valence electrons. The maximum Gasteiger partial charge on any atom is 0.262 e. The van der Waals surface area contributed by atoms with Crippen molar-refractivity contribution >= 4 is 37.3 Å². The fraction of sp³-hybridized carbons (Fsp3) is 0.240. The van der Waals surface area contributed by atoms with Gasteiger partial charge >= 0.3 is 0 Å². The van der Waals surface area contributed by atoms with E-state index in [1.807, 2.05) is 6.07 Å². The number of nitrogens with one attached hydrogen (secondary N) is 2. The van der Waals surface area contributed by atoms with Gasteiger partial charge in [0.05, 0.1) is 15.5 Å². The zero-order valence-corrected chi connectivity index (χ0v) is 21.1. The molecule has 0 radical (unpaired) electrons. The van der Waals surface area contributed by atoms with E-state index >= 15 is 0 Å². The monoisotopic (exact) mass is 513 g/mol. The summed E-state index contributed by atoms with van der Waals surface area (Å²) in [6.07, 6.45) is 1.70. The van der Waals surface area contributed by atoms with Crippen molar-refractivity contribution < 1.29 is 21.6 Å². The van der Waals surface area contributed by atoms with E-state index < -0.39 is 26.0 Å². The van der Waals surface area contributed by atoms with Gasteiger partial charge in [0.15, 0.2) is 0 Å². The van der Waals surface area contributed by atoms with E-state index in [4.69, 9.17) is 0 Å². The maximum absolute atomic E-state index is 13.0. The molecule has 0 saturated carbocycles. The zero-order chi connectivity index (χ0) is 25.2. The van der Waals surface area contributed by atoms with Gasteiger partial charge < -0.3 is 5.32 Å². The van der Waals surface area contributed by atoms with Crippen molar-refractivity contribution in [3.8, 4) is 0 Å². The highest BCUT2D eigenvalue weighted by atomic mass is 32.2. The standard InChI is InChI=1S/C25H27N3O5S2/c1-18-7-3-4-8-23(18)27-34(30,31)24-17-20(10-9-19(24)2)25(29)26-21-11-13-22(14-12-21)35(32,33)28-15-5-6-16-28/h3-4,7-14,17,27H,5-6,15-16H2,1-2H3,(H,26,29). The third-order valence-corrected chi connectivity index (χ3v) is 9.36. The second-order valence-electron chi connectivity index (χ2n) is 8.49. The van der Waals surface area contributed by atoms with E-state index in [1.54, 1.807) is 44.2 Å². The van der Waals surface area contributed by atoms with Crippen molar-refractivity contribution in [3.63, 3.8) is 0 Å². The molecule has 0 atom stereocenters. The van der Waals surface area contributed by atoms with Gasteiger partial charge in [0, 0.05) is 24.3 Å². The molecule has 35 heavy (non-hydrogen) atoms. The summed E-state index contributed by atoms with van der Waals surface area (Å²) in [5.41, 5.74) is 2.30. The first kappa shape index (κ1) is 24.9. The van der Waals surface area contributed by atoms with Crippen LogP contribution in [0.3, 0.4) is 0 Å². The van der Waals surface area contributed by atoms with E-state index in [-0.39, 0.29) is 15.4 Å². The maximum atomic E-state index is 13.0. The van der Waals surface area contributed by atoms with Gasteiger partial charge in [-0.05, 0) is 80.3 Å². The Morgan fingerprint density at radius 3 is 2.14 bits per heavy atom. The molecule has 1 aliphatic rings. The highest BCUT2D eigenvalue weighted by Gasteiger charge is 2.27. The van der Waals surface area contributed by atoms with Crippen molar-refractivity contribution in [1.29, 1.82) is 0 Å². The van der Waals surface area contributed by atoms with E-state index in [2.05, 4.69) is 10.0 Å². The first-order valence-electron chi connectivity index (χ1n) is 11.2. The number of hydrogen-bond donors (Lipinski definition) is 2. The molecule has 0 aromatic heterocycles. The molecule has 2 N–H and O–H groups in total. The summed E-state index contributed by atoms with van der Waals surface area (Å²) in [5, 5.41) is 2.70. The average molecular weight is 514 g/mol. The van der Waals surface area contributed by atoms with Crippen molar-refractivity contribution in [2.75, 3.05) is 23.1 Å². The topological polar surface area (TPSA) is 113 Å². The summed E-state index contributed by atoms with van der Waals surface area (Å²) < 4.78 is 55.5. The molecule has 1 saturated heterocycles. The van der Waals surface area contributed by atoms with E-state index in [9.17, 15) is 21.6 Å². The predicted molar refractivity (Wildman–Crippen MR) is 136 cm³/mol. The lowest BCUT2D eigenvalue weighted by Crippen LogP contribution is -2.27. The number of anilines is 2. The fourth-order valence-electron chi connectivity index (χ4n) is 3.91. The Bertz CT molecular complexity index is 1460. The highest BCUT2D eigenvalue weighted by Crippen LogP contribution is 2.25. The van der Waals surface area contributed by atoms with Crippen LogP contribution in [0.15, 0.2) is 76.5 Å². The van der Waals surface area contributed by atoms with Crippen LogP contribution in [0.1, 0.15) is 34.3 Å². The SMILES string of the molecule is Cc1ccccc1NS(=O)(=O)c1cc(C(=O)Nc2ccc(S(=O)(=O)N3CCCC3)cc2)ccc1C. The van der Waals surface area contributed by atoms with Crippen molar-refractivity contribution in [2.24, 2.45) is 0 Å². The number of hydrogen-bond acceptors (Lipinski definition) is 5. The van der Waals surface area contributed by atoms with Crippen LogP contribution in [0.2, 0.25) is 0 Å². The van der Waals surface area contributed by atoms with E-state index in [1.165, 1.54) is 34.6 Å². The van der Waals surface area contributed by atoms with Crippen LogP contribution in [-0.2, 0) is 20.0 Å². The Morgan fingerprint density at radius 2 is 1.49 bits per heavy atom. The van der Waals surface area contributed by atoms with Gasteiger partial charge in [-0.3, -0.25) is 9.52 Å². The Labute approximate surface area is 206 Å². The molecular formula is C25H27N3O5S2. The third kappa shape index (κ3) is 5.39. The molecular weight excluding hydrogens is 486 g/mol. The second-order valence-corrected chi connectivity index (χ2v) is 12.1. The van der Waals surface area contributed by atoms with Crippen LogP contribution >= 0.6 is 0 Å². The first-order chi connectivity index (χ1) is 16.6. The van der Waals surface area contributed by atoms with Gasteiger partial charge in [-0.15, -0.1) is 0 Å². The van der Waals surface area contributed by atoms with Gasteiger partial charge in [0.2, 0.25) is 10.0 Å². The Kier molecular flexibility index (Phi) is 6.98. The van der Waals surface area contributed by atoms with Crippen molar-refractivity contribution in [2.45, 2.75) is 36.5 Å². The number of rotatable bonds is 7. The molecule has 4 rings (SSSR count). The molecule has 3 aromatic carbocycles. The number of para-hydroxylation sites is 1. The Morgan fingerprint density at radius 1 is 0.829 bits per heavy atom. The molecule has 8 nitrogen and oxygen atoms in total. The zero-order valence-electron chi connectivity index (χ0n) is 19.5. The van der Waals surface area contributed by atoms with Crippen LogP contribution in [-0.4, -0.2) is 40.1 Å². The van der Waals surface area contributed by atoms with E-state index in [0.717, 1.165) is 18.4 Å². The summed E-state index contributed by atoms with van der Waals surface area (Å²) in [5.74, 6) is -0.507. The summed E-state index contributed by atoms with van der Waals surface area (Å²) in [6.45, 7) is 4.49. The molecule has 0 bridgehead atoms. The fourth-order valence-corrected chi connectivity index (χ4v) is 6.83. The molecule has 0 unspecified atom stereocenters. The number of benzene rings is 3. The van der Waals surface area contributed by atoms with Gasteiger partial charge in [-0.25, -0.2) is 16.8 Å². The quantitative estimate of drug-likeness (QED) is 0.493. The predicted octanol–water partition coefficient (Wildman–Crippen LogP) is 4.14. The molecule has 10 heteroatoms. The van der Waals surface area contributed by atoms with Gasteiger partial charge in [-0.2, -0.15) is 4.31 Å². The number of carbonyl (C=O) groups excluding carboxylic acids is 1. The lowest BCUT2D eigenvalue weighted by Gasteiger charge is -2.16. The van der Waals surface area contributed by atoms with Crippen LogP contribution in [0.4, 0.5) is 11.4 Å². The minimum Gasteiger partial charge on any atom is -0.322 e. The molecule has 1 amide bonds. The number of amides is 1. The third-order valence-electron chi connectivity index (χ3n) is 5.94. The number of nitrogens with zero attached hydrogens (tertiary/aromatic N) is 1. The minimum atomic E-state index is -3.93. The Hall–Kier alpha value is -3.21. The van der Waals surface area contributed by atoms with Gasteiger partial charge in [0.25, 0.3) is 15.9 Å². The average Bonchev–Trinajstić information content (AvgIpc) is 3.37. The summed E-state index contributed by atoms with van der Waals surface area (Å²) in [6, 6.07) is 17.4. The lowest BCUT2D eigenvalue weighted by atomic mass is 10.1. The first-order valence-corrected chi connectivity index (χ1v) is 14.1. The molecule has 1 fully saturated rings. The van der Waals surface area contributed by atoms with Crippen LogP contribution in [0.5, 0.6) is 0 Å².